The van der Waals surface area contributed by atoms with E-state index in [2.05, 4.69) is 0 Å². The van der Waals surface area contributed by atoms with Crippen molar-refractivity contribution in [2.75, 3.05) is 6.16 Å². The van der Waals surface area contributed by atoms with Gasteiger partial charge >= 0.3 is 19.2 Å². The van der Waals surface area contributed by atoms with Crippen molar-refractivity contribution in [3.05, 3.63) is 40.2 Å². The fraction of sp³-hybridized carbons (Fsp3) is 0.286. The van der Waals surface area contributed by atoms with Gasteiger partial charge in [0.1, 0.15) is 17.4 Å². The molecule has 0 saturated heterocycles. The molecule has 0 aliphatic carbocycles. The van der Waals surface area contributed by atoms with Gasteiger partial charge in [-0.3, -0.25) is 4.79 Å². The first-order valence-electron chi connectivity index (χ1n) is 6.72. The molecule has 0 bridgehead atoms. The van der Waals surface area contributed by atoms with Gasteiger partial charge in [-0.25, -0.2) is 9.36 Å². The molecule has 2 rings (SSSR count). The van der Waals surface area contributed by atoms with E-state index in [-0.39, 0.29) is 17.8 Å². The molecule has 1 heterocycles. The predicted octanol–water partition coefficient (Wildman–Crippen LogP) is 1.47. The van der Waals surface area contributed by atoms with Gasteiger partial charge in [-0.15, -0.1) is 0 Å². The van der Waals surface area contributed by atoms with E-state index in [4.69, 9.17) is 19.8 Å². The van der Waals surface area contributed by atoms with Crippen LogP contribution in [0.4, 0.5) is 0 Å². The molecular weight excluding hydrogens is 325 g/mol. The lowest BCUT2D eigenvalue weighted by Crippen LogP contribution is -2.31. The van der Waals surface area contributed by atoms with Crippen molar-refractivity contribution in [2.45, 2.75) is 19.4 Å². The van der Waals surface area contributed by atoms with Crippen molar-refractivity contribution in [1.82, 2.24) is 0 Å². The molecule has 0 aliphatic heterocycles. The number of nitrogens with two attached hydrogens (primary N) is 1. The molecular formula is C14H16NO7P. The number of carbonyl (C=O) groups is 1. The molecule has 124 valence electrons. The molecule has 2 aromatic rings. The molecule has 23 heavy (non-hydrogen) atoms. The third kappa shape index (κ3) is 4.41. The summed E-state index contributed by atoms with van der Waals surface area (Å²) >= 11 is 0. The first-order valence-corrected chi connectivity index (χ1v) is 8.48. The summed E-state index contributed by atoms with van der Waals surface area (Å²) in [4.78, 5) is 31.7. The molecule has 0 aliphatic rings. The van der Waals surface area contributed by atoms with Crippen molar-refractivity contribution in [3.8, 4) is 5.75 Å². The van der Waals surface area contributed by atoms with Gasteiger partial charge in [-0.2, -0.15) is 0 Å². The lowest BCUT2D eigenvalue weighted by molar-refractivity contribution is -0.138. The first kappa shape index (κ1) is 17.2. The fourth-order valence-corrected chi connectivity index (χ4v) is 3.14. The van der Waals surface area contributed by atoms with E-state index in [0.29, 0.717) is 10.9 Å². The van der Waals surface area contributed by atoms with Gasteiger partial charge in [0.2, 0.25) is 0 Å². The minimum Gasteiger partial charge on any atom is -0.480 e. The highest BCUT2D eigenvalue weighted by Gasteiger charge is 2.24. The molecule has 1 aromatic heterocycles. The highest BCUT2D eigenvalue weighted by molar-refractivity contribution is 7.53. The summed E-state index contributed by atoms with van der Waals surface area (Å²) in [5.41, 5.74) is 5.69. The molecule has 2 atom stereocenters. The number of benzene rings is 1. The Kier molecular flexibility index (Phi) is 4.89. The minimum absolute atomic E-state index is 0.0426. The molecule has 0 spiro atoms. The monoisotopic (exact) mass is 341 g/mol. The van der Waals surface area contributed by atoms with Gasteiger partial charge in [0.15, 0.2) is 0 Å². The molecule has 4 N–H and O–H groups in total. The topological polar surface area (TPSA) is 140 Å². The zero-order chi connectivity index (χ0) is 17.2. The maximum absolute atomic E-state index is 12.0. The van der Waals surface area contributed by atoms with Gasteiger partial charge < -0.3 is 24.7 Å². The average Bonchev–Trinajstić information content (AvgIpc) is 2.43. The number of carboxylic acids is 1. The maximum Gasteiger partial charge on any atom is 0.376 e. The van der Waals surface area contributed by atoms with Crippen molar-refractivity contribution in [2.24, 2.45) is 5.73 Å². The number of fused-ring (bicyclic) bond motifs is 1. The smallest absolute Gasteiger partial charge is 0.376 e. The number of hydrogen-bond donors (Lipinski definition) is 3. The quantitative estimate of drug-likeness (QED) is 0.530. The highest BCUT2D eigenvalue weighted by atomic mass is 31.2. The van der Waals surface area contributed by atoms with Gasteiger partial charge in [-0.1, -0.05) is 0 Å². The van der Waals surface area contributed by atoms with Crippen LogP contribution in [0.3, 0.4) is 0 Å². The predicted molar refractivity (Wildman–Crippen MR) is 82.8 cm³/mol. The van der Waals surface area contributed by atoms with Crippen LogP contribution in [-0.2, 0) is 9.36 Å². The largest absolute Gasteiger partial charge is 0.480 e. The lowest BCUT2D eigenvalue weighted by atomic mass is 10.1. The maximum atomic E-state index is 12.0. The minimum atomic E-state index is -4.07. The second-order valence-corrected chi connectivity index (χ2v) is 7.00. The van der Waals surface area contributed by atoms with Gasteiger partial charge in [-0.05, 0) is 31.0 Å². The Labute approximate surface area is 131 Å². The van der Waals surface area contributed by atoms with E-state index < -0.39 is 31.4 Å². The summed E-state index contributed by atoms with van der Waals surface area (Å²) in [7, 11) is -4.07. The summed E-state index contributed by atoms with van der Waals surface area (Å²) < 4.78 is 22.0. The lowest BCUT2D eigenvalue weighted by Gasteiger charge is -2.15. The summed E-state index contributed by atoms with van der Waals surface area (Å²) in [6.07, 6.45) is -0.610. The van der Waals surface area contributed by atoms with Crippen LogP contribution in [0, 0.1) is 6.92 Å². The van der Waals surface area contributed by atoms with Crippen LogP contribution < -0.4 is 15.9 Å². The van der Waals surface area contributed by atoms with Crippen LogP contribution in [0.1, 0.15) is 12.0 Å². The third-order valence-electron chi connectivity index (χ3n) is 3.21. The van der Waals surface area contributed by atoms with Crippen LogP contribution in [-0.4, -0.2) is 28.2 Å². The van der Waals surface area contributed by atoms with E-state index >= 15 is 0 Å². The van der Waals surface area contributed by atoms with E-state index in [0.717, 1.165) is 0 Å². The molecule has 1 aromatic carbocycles. The third-order valence-corrected chi connectivity index (χ3v) is 4.53. The molecule has 0 saturated carbocycles. The summed E-state index contributed by atoms with van der Waals surface area (Å²) in [5, 5.41) is 9.34. The average molecular weight is 341 g/mol. The van der Waals surface area contributed by atoms with Crippen LogP contribution in [0.2, 0.25) is 0 Å². The van der Waals surface area contributed by atoms with E-state index in [1.54, 1.807) is 13.0 Å². The van der Waals surface area contributed by atoms with E-state index in [1.807, 2.05) is 0 Å². The summed E-state index contributed by atoms with van der Waals surface area (Å²) in [6.45, 7) is 1.74. The van der Waals surface area contributed by atoms with E-state index in [9.17, 15) is 19.0 Å². The summed E-state index contributed by atoms with van der Waals surface area (Å²) in [6, 6.07) is 4.51. The fourth-order valence-electron chi connectivity index (χ4n) is 2.00. The SMILES string of the molecule is Cc1cc(=O)oc2cc(OP(=O)(O)CCC(N)C(=O)O)ccc12. The number of aliphatic carboxylic acids is 1. The molecule has 0 fully saturated rings. The number of carboxylic acid groups (broad SMARTS) is 1. The van der Waals surface area contributed by atoms with Crippen LogP contribution in [0.5, 0.6) is 5.75 Å². The van der Waals surface area contributed by atoms with Crippen LogP contribution in [0.25, 0.3) is 11.0 Å². The Morgan fingerprint density at radius 2 is 2.13 bits per heavy atom. The highest BCUT2D eigenvalue weighted by Crippen LogP contribution is 2.43. The van der Waals surface area contributed by atoms with E-state index in [1.165, 1.54) is 18.2 Å². The van der Waals surface area contributed by atoms with Crippen molar-refractivity contribution < 1.29 is 28.3 Å². The van der Waals surface area contributed by atoms with Crippen LogP contribution in [0.15, 0.2) is 33.5 Å². The Balaban J connectivity index is 2.19. The zero-order valence-corrected chi connectivity index (χ0v) is 13.2. The molecule has 0 radical (unpaired) electrons. The Morgan fingerprint density at radius 1 is 1.43 bits per heavy atom. The Bertz CT molecular complexity index is 845. The number of rotatable bonds is 6. The van der Waals surface area contributed by atoms with Gasteiger partial charge in [0.25, 0.3) is 0 Å². The van der Waals surface area contributed by atoms with Crippen molar-refractivity contribution in [1.29, 1.82) is 0 Å². The summed E-state index contributed by atoms with van der Waals surface area (Å²) in [5.74, 6) is -1.21. The van der Waals surface area contributed by atoms with Gasteiger partial charge in [0, 0.05) is 17.5 Å². The van der Waals surface area contributed by atoms with Crippen LogP contribution >= 0.6 is 7.60 Å². The Hall–Kier alpha value is -2.15. The molecule has 8 nitrogen and oxygen atoms in total. The standard InChI is InChI=1S/C14H16NO7P/c1-8-6-13(16)21-12-7-9(2-3-10(8)12)22-23(19,20)5-4-11(15)14(17)18/h2-3,6-7,11H,4-5,15H2,1H3,(H,17,18)(H,19,20). The zero-order valence-electron chi connectivity index (χ0n) is 12.3. The molecule has 0 amide bonds. The number of hydrogen-bond acceptors (Lipinski definition) is 6. The normalized spacial score (nSPS) is 15.1. The molecule has 2 unspecified atom stereocenters. The number of aryl methyl sites for hydroxylation is 1. The van der Waals surface area contributed by atoms with Crippen molar-refractivity contribution in [3.63, 3.8) is 0 Å². The second kappa shape index (κ2) is 6.54. The Morgan fingerprint density at radius 3 is 2.78 bits per heavy atom. The first-order chi connectivity index (χ1) is 10.7. The molecule has 9 heteroatoms. The van der Waals surface area contributed by atoms with Gasteiger partial charge in [0.05, 0.1) is 6.16 Å². The van der Waals surface area contributed by atoms with Crippen molar-refractivity contribution >= 4 is 24.5 Å². The second-order valence-electron chi connectivity index (χ2n) is 5.09.